The summed E-state index contributed by atoms with van der Waals surface area (Å²) in [4.78, 5) is 110. The van der Waals surface area contributed by atoms with Gasteiger partial charge in [0.25, 0.3) is 46.8 Å². The second-order valence-electron chi connectivity index (χ2n) is 25.1. The van der Waals surface area contributed by atoms with Crippen molar-refractivity contribution in [3.63, 3.8) is 0 Å². The van der Waals surface area contributed by atoms with Gasteiger partial charge in [-0.05, 0) is 212 Å². The van der Waals surface area contributed by atoms with E-state index in [0.717, 1.165) is 28.9 Å². The SMILES string of the molecule is C#Cc1ccc(N)cc1.C#Cc1ccc(NC(=O)c2cc(Cl)ccc2N)cc1.C#Cc1ccc(NC(=O)c2cc(Cl)ccc2NC(=O)c2ccc(C(=N)N(C)C)cc2)cc1.C#Cc1ccc(NC(=O)c2cc(Cl)ccc2[N+](=O)[O-])cc1.O=C(O)c1cc(Cl)ccc1[N+](=O)[O-].[C-]#[N+]c1ccc(C(=O)Nc2ccc(Cl)cc2C(=O)Nc2ccc(C#C)cc2)cc1. The number of hydrogen-bond acceptors (Lipinski definition) is 14. The molecule has 0 saturated carbocycles. The minimum absolute atomic E-state index is 0.103. The van der Waals surface area contributed by atoms with Crippen molar-refractivity contribution in [1.82, 2.24) is 4.90 Å². The van der Waals surface area contributed by atoms with Crippen LogP contribution in [0, 0.1) is 93.9 Å². The van der Waals surface area contributed by atoms with Gasteiger partial charge < -0.3 is 53.4 Å². The predicted octanol–water partition coefficient (Wildman–Crippen LogP) is 19.9. The zero-order valence-corrected chi connectivity index (χ0v) is 68.3. The Morgan fingerprint density at radius 1 is 0.382 bits per heavy atom. The maximum absolute atomic E-state index is 12.9. The largest absolute Gasteiger partial charge is 0.477 e. The van der Waals surface area contributed by atoms with Crippen LogP contribution >= 0.6 is 58.0 Å². The molecule has 12 N–H and O–H groups in total. The Balaban J connectivity index is 0.000000211. The molecule has 0 atom stereocenters. The van der Waals surface area contributed by atoms with Crippen molar-refractivity contribution in [2.24, 2.45) is 0 Å². The third kappa shape index (κ3) is 28.7. The number of amidine groups is 1. The van der Waals surface area contributed by atoms with E-state index >= 15 is 0 Å². The van der Waals surface area contributed by atoms with Gasteiger partial charge in [0.1, 0.15) is 17.0 Å². The third-order valence-corrected chi connectivity index (χ3v) is 17.6. The molecule has 610 valence electrons. The maximum atomic E-state index is 12.9. The molecule has 0 aromatic heterocycles. The number of carboxylic acids is 1. The first-order valence-corrected chi connectivity index (χ1v) is 37.2. The van der Waals surface area contributed by atoms with E-state index in [2.05, 4.69) is 66.3 Å². The molecule has 0 aliphatic carbocycles. The van der Waals surface area contributed by atoms with Crippen LogP contribution < -0.4 is 43.4 Å². The van der Waals surface area contributed by atoms with Crippen molar-refractivity contribution in [3.8, 4) is 61.7 Å². The Bertz CT molecular complexity index is 6250. The van der Waals surface area contributed by atoms with E-state index < -0.39 is 50.7 Å². The van der Waals surface area contributed by atoms with E-state index in [1.807, 2.05) is 12.1 Å². The van der Waals surface area contributed by atoms with Crippen molar-refractivity contribution in [3.05, 3.63) is 390 Å². The summed E-state index contributed by atoms with van der Waals surface area (Å²) in [5.74, 6) is 8.87. The van der Waals surface area contributed by atoms with Gasteiger partial charge in [-0.15, -0.1) is 32.1 Å². The van der Waals surface area contributed by atoms with Crippen LogP contribution in [-0.2, 0) is 0 Å². The average Bonchev–Trinajstić information content (AvgIpc) is 0.855. The maximum Gasteiger partial charge on any atom is 0.342 e. The molecule has 0 unspecified atom stereocenters. The van der Waals surface area contributed by atoms with Crippen molar-refractivity contribution in [2.75, 3.05) is 57.5 Å². The number of nitrogens with two attached hydrogens (primary N) is 2. The van der Waals surface area contributed by atoms with Gasteiger partial charge in [-0.1, -0.05) is 124 Å². The van der Waals surface area contributed by atoms with Gasteiger partial charge in [-0.3, -0.25) is 54.4 Å². The van der Waals surface area contributed by atoms with Crippen LogP contribution in [0.5, 0.6) is 0 Å². The summed E-state index contributed by atoms with van der Waals surface area (Å²) in [7, 11) is 3.55. The smallest absolute Gasteiger partial charge is 0.342 e. The van der Waals surface area contributed by atoms with E-state index in [-0.39, 0.29) is 44.2 Å². The van der Waals surface area contributed by atoms with E-state index in [1.165, 1.54) is 42.5 Å². The number of hydrogen-bond donors (Lipinski definition) is 10. The summed E-state index contributed by atoms with van der Waals surface area (Å²) >= 11 is 29.2. The molecule has 12 aromatic rings. The standard InChI is InChI=1S/C25H21ClN4O2.C23H14ClN3O2.C15H9ClN2O3.C15H11ClN2O.C8H7N.C7H4ClNO4/c1-4-16-5-12-20(13-6-16)28-25(32)21-15-19(26)11-14-22(21)29-24(31)18-9-7-17(8-10-18)23(27)30(2)3;1-3-15-4-9-19(10-5-15)26-23(29)20-14-17(24)8-13-21(20)27-22(28)16-6-11-18(25-2)12-7-16;1-2-10-3-6-12(7-4-10)17-15(19)13-9-11(16)5-8-14(13)18(20)21;1-2-10-3-6-12(7-4-10)18-15(19)13-9-11(16)5-8-14(13)17;1-2-7-3-5-8(9)6-4-7;8-4-1-2-6(9(12)13)5(3-4)7(10)11/h1,5-15,27H,2-3H3,(H,28,32)(H,29,31);1,4-14H,(H,26,29)(H,27,28);1,3-9H,(H,17,19);1,3-9H,17H2,(H,18,19);1,3-6H,9H2;1-3H,(H,10,11). The lowest BCUT2D eigenvalue weighted by Gasteiger charge is -2.14. The van der Waals surface area contributed by atoms with Crippen molar-refractivity contribution >= 4 is 168 Å². The van der Waals surface area contributed by atoms with Crippen LogP contribution in [0.25, 0.3) is 4.85 Å². The van der Waals surface area contributed by atoms with Crippen LogP contribution in [0.2, 0.25) is 25.1 Å². The topological polar surface area (TPSA) is 382 Å². The summed E-state index contributed by atoms with van der Waals surface area (Å²) in [6, 6.07) is 68.4. The second kappa shape index (κ2) is 45.9. The highest BCUT2D eigenvalue weighted by Crippen LogP contribution is 2.29. The Hall–Kier alpha value is -16.5. The number of nitro benzene ring substituents is 2. The fourth-order valence-corrected chi connectivity index (χ4v) is 11.0. The van der Waals surface area contributed by atoms with Gasteiger partial charge in [-0.2, -0.15) is 0 Å². The summed E-state index contributed by atoms with van der Waals surface area (Å²) < 4.78 is 0. The van der Waals surface area contributed by atoms with E-state index in [4.69, 9.17) is 119 Å². The van der Waals surface area contributed by atoms with Gasteiger partial charge in [0, 0.05) is 130 Å². The molecule has 12 rings (SSSR count). The first-order chi connectivity index (χ1) is 58.7. The highest BCUT2D eigenvalue weighted by Gasteiger charge is 2.23. The molecule has 0 bridgehead atoms. The van der Waals surface area contributed by atoms with E-state index in [1.54, 1.807) is 213 Å². The molecule has 0 heterocycles. The predicted molar refractivity (Wildman–Crippen MR) is 486 cm³/mol. The number of carbonyl (C=O) groups is 7. The molecule has 30 heteroatoms. The minimum Gasteiger partial charge on any atom is -0.477 e. The molecule has 0 fully saturated rings. The van der Waals surface area contributed by atoms with Crippen molar-refractivity contribution < 1.29 is 48.5 Å². The Morgan fingerprint density at radius 2 is 0.659 bits per heavy atom. The molecule has 0 radical (unpaired) electrons. The minimum atomic E-state index is -1.37. The second-order valence-corrected chi connectivity index (χ2v) is 27.3. The van der Waals surface area contributed by atoms with E-state index in [9.17, 15) is 53.8 Å². The number of carbonyl (C=O) groups excluding carboxylic acids is 6. The molecule has 25 nitrogen and oxygen atoms in total. The first kappa shape index (κ1) is 93.7. The number of halogens is 5. The number of nitrogens with one attached hydrogen (secondary N) is 7. The lowest BCUT2D eigenvalue weighted by atomic mass is 10.1. The number of nitrogens with zero attached hydrogens (tertiary/aromatic N) is 4. The highest BCUT2D eigenvalue weighted by molar-refractivity contribution is 6.33. The van der Waals surface area contributed by atoms with Crippen LogP contribution in [0.1, 0.15) is 106 Å². The molecule has 12 aromatic carbocycles. The fraction of sp³-hybridized carbons (Fsp3) is 0.0215. The Kier molecular flexibility index (Phi) is 35.0. The van der Waals surface area contributed by atoms with Crippen LogP contribution in [-0.4, -0.2) is 81.2 Å². The zero-order valence-electron chi connectivity index (χ0n) is 64.5. The van der Waals surface area contributed by atoms with Crippen LogP contribution in [0.15, 0.2) is 261 Å². The molecule has 0 spiro atoms. The number of rotatable bonds is 16. The zero-order chi connectivity index (χ0) is 90.0. The summed E-state index contributed by atoms with van der Waals surface area (Å²) in [5, 5.41) is 55.7. The Labute approximate surface area is 731 Å². The van der Waals surface area contributed by atoms with Gasteiger partial charge >= 0.3 is 5.97 Å². The molecule has 6 amide bonds. The summed E-state index contributed by atoms with van der Waals surface area (Å²) in [6.45, 7) is 6.97. The number of aromatic carboxylic acids is 1. The number of benzene rings is 12. The molecule has 0 saturated heterocycles. The number of nitro groups is 2. The van der Waals surface area contributed by atoms with Crippen molar-refractivity contribution in [1.29, 1.82) is 5.41 Å². The lowest BCUT2D eigenvalue weighted by molar-refractivity contribution is -0.385. The first-order valence-electron chi connectivity index (χ1n) is 35.3. The summed E-state index contributed by atoms with van der Waals surface area (Å²) in [5.41, 5.74) is 20.2. The monoisotopic (exact) mass is 1730 g/mol. The molecule has 0 aliphatic heterocycles. The quantitative estimate of drug-likeness (QED) is 0.00817. The normalized spacial score (nSPS) is 9.70. The number of nitrogen functional groups attached to an aromatic ring is 2. The summed E-state index contributed by atoms with van der Waals surface area (Å²) in [6.07, 6.45) is 26.3. The van der Waals surface area contributed by atoms with Crippen molar-refractivity contribution in [2.45, 2.75) is 0 Å². The van der Waals surface area contributed by atoms with Crippen LogP contribution in [0.3, 0.4) is 0 Å². The molecule has 0 aliphatic rings. The molecule has 123 heavy (non-hydrogen) atoms. The van der Waals surface area contributed by atoms with E-state index in [0.29, 0.717) is 105 Å². The average molecular weight is 1730 g/mol. The van der Waals surface area contributed by atoms with Gasteiger partial charge in [-0.25, -0.2) is 9.64 Å². The number of anilines is 8. The number of carboxylic acid groups (broad SMARTS) is 1. The van der Waals surface area contributed by atoms with Crippen LogP contribution in [0.4, 0.5) is 62.6 Å². The van der Waals surface area contributed by atoms with Gasteiger partial charge in [0.2, 0.25) is 0 Å². The fourth-order valence-electron chi connectivity index (χ4n) is 10.1. The Morgan fingerprint density at radius 3 is 0.984 bits per heavy atom. The number of amides is 6. The third-order valence-electron chi connectivity index (χ3n) is 16.4. The van der Waals surface area contributed by atoms with Gasteiger partial charge in [0.15, 0.2) is 5.69 Å². The molecular weight excluding hydrogens is 1670 g/mol. The highest BCUT2D eigenvalue weighted by atomic mass is 35.5. The lowest BCUT2D eigenvalue weighted by Crippen LogP contribution is -2.22. The van der Waals surface area contributed by atoms with Gasteiger partial charge in [0.05, 0.1) is 44.5 Å². The number of terminal acetylenes is 5. The molecular formula is C93H66Cl5N13O12.